The molecule has 2 aromatic rings. The number of carbonyl (C=O) groups is 3. The topological polar surface area (TPSA) is 98.7 Å². The van der Waals surface area contributed by atoms with E-state index in [1.807, 2.05) is 18.2 Å². The second-order valence-corrected chi connectivity index (χ2v) is 8.38. The van der Waals surface area contributed by atoms with Gasteiger partial charge in [-0.15, -0.1) is 0 Å². The van der Waals surface area contributed by atoms with Crippen LogP contribution in [0, 0.1) is 0 Å². The van der Waals surface area contributed by atoms with Crippen molar-refractivity contribution in [3.63, 3.8) is 0 Å². The van der Waals surface area contributed by atoms with Gasteiger partial charge in [0.25, 0.3) is 5.91 Å². The van der Waals surface area contributed by atoms with Crippen molar-refractivity contribution in [1.29, 1.82) is 0 Å². The summed E-state index contributed by atoms with van der Waals surface area (Å²) in [4.78, 5) is 38.3. The summed E-state index contributed by atoms with van der Waals surface area (Å²) < 4.78 is 0. The Morgan fingerprint density at radius 2 is 1.68 bits per heavy atom. The number of aliphatic hydroxyl groups excluding tert-OH is 1. The summed E-state index contributed by atoms with van der Waals surface area (Å²) in [6.45, 7) is 2.56. The highest BCUT2D eigenvalue weighted by Gasteiger charge is 2.52. The Hall–Kier alpha value is -3.19. The fourth-order valence-electron chi connectivity index (χ4n) is 4.46. The van der Waals surface area contributed by atoms with Crippen LogP contribution in [0.1, 0.15) is 37.7 Å². The monoisotopic (exact) mass is 421 g/mol. The van der Waals surface area contributed by atoms with Crippen molar-refractivity contribution < 1.29 is 19.5 Å². The molecule has 0 aromatic heterocycles. The number of benzene rings is 2. The molecule has 31 heavy (non-hydrogen) atoms. The molecule has 7 nitrogen and oxygen atoms in total. The molecule has 4 amide bonds. The van der Waals surface area contributed by atoms with E-state index in [-0.39, 0.29) is 12.3 Å². The maximum atomic E-state index is 12.8. The van der Waals surface area contributed by atoms with Gasteiger partial charge in [-0.1, -0.05) is 54.6 Å². The quantitative estimate of drug-likeness (QED) is 0.646. The lowest BCUT2D eigenvalue weighted by molar-refractivity contribution is -0.140. The number of nitrogens with one attached hydrogen (secondary N) is 2. The van der Waals surface area contributed by atoms with E-state index >= 15 is 0 Å². The molecule has 2 aromatic carbocycles. The van der Waals surface area contributed by atoms with Crippen molar-refractivity contribution in [2.24, 2.45) is 0 Å². The number of nitrogens with zero attached hydrogens (tertiary/aromatic N) is 1. The summed E-state index contributed by atoms with van der Waals surface area (Å²) in [5, 5.41) is 14.7. The zero-order valence-corrected chi connectivity index (χ0v) is 17.5. The van der Waals surface area contributed by atoms with Crippen molar-refractivity contribution >= 4 is 17.8 Å². The molecule has 2 saturated heterocycles. The van der Waals surface area contributed by atoms with Gasteiger partial charge in [0, 0.05) is 13.1 Å². The smallest absolute Gasteiger partial charge is 0.322 e. The molecule has 0 bridgehead atoms. The first kappa shape index (κ1) is 21.1. The van der Waals surface area contributed by atoms with Gasteiger partial charge in [0.15, 0.2) is 5.54 Å². The number of rotatable bonds is 5. The van der Waals surface area contributed by atoms with Crippen LogP contribution in [0.25, 0.3) is 11.1 Å². The summed E-state index contributed by atoms with van der Waals surface area (Å²) >= 11 is 0. The predicted molar refractivity (Wildman–Crippen MR) is 116 cm³/mol. The highest BCUT2D eigenvalue weighted by molar-refractivity contribution is 6.09. The fourth-order valence-corrected chi connectivity index (χ4v) is 4.46. The van der Waals surface area contributed by atoms with Gasteiger partial charge in [0.1, 0.15) is 0 Å². The van der Waals surface area contributed by atoms with Crippen LogP contribution in [0.15, 0.2) is 54.6 Å². The first-order valence-electron chi connectivity index (χ1n) is 10.6. The molecule has 0 radical (unpaired) electrons. The van der Waals surface area contributed by atoms with Crippen molar-refractivity contribution in [3.8, 4) is 11.1 Å². The van der Waals surface area contributed by atoms with Crippen LogP contribution in [-0.2, 0) is 9.59 Å². The van der Waals surface area contributed by atoms with Crippen LogP contribution >= 0.6 is 0 Å². The molecular weight excluding hydrogens is 394 g/mol. The molecule has 162 valence electrons. The molecule has 3 N–H and O–H groups in total. The van der Waals surface area contributed by atoms with Gasteiger partial charge in [0.05, 0.1) is 12.5 Å². The van der Waals surface area contributed by atoms with E-state index < -0.39 is 23.6 Å². The molecule has 2 fully saturated rings. The molecule has 4 rings (SSSR count). The van der Waals surface area contributed by atoms with Crippen LogP contribution in [-0.4, -0.2) is 52.6 Å². The Balaban J connectivity index is 1.37. The first-order chi connectivity index (χ1) is 14.9. The Morgan fingerprint density at radius 1 is 1.06 bits per heavy atom. The minimum absolute atomic E-state index is 0.240. The SMILES string of the molecule is CC(O)C1(CC(=O)N2CCC(c3ccc(-c4ccccc4)cc3)CC2)NC(=O)NC1=O. The fraction of sp³-hybridized carbons (Fsp3) is 0.375. The Labute approximate surface area is 181 Å². The molecular formula is C24H27N3O4. The van der Waals surface area contributed by atoms with E-state index in [1.165, 1.54) is 23.6 Å². The average molecular weight is 421 g/mol. The number of hydrogen-bond acceptors (Lipinski definition) is 4. The van der Waals surface area contributed by atoms with E-state index in [1.54, 1.807) is 4.90 Å². The molecule has 2 aliphatic rings. The predicted octanol–water partition coefficient (Wildman–Crippen LogP) is 2.41. The number of urea groups is 1. The Morgan fingerprint density at radius 3 is 2.23 bits per heavy atom. The lowest BCUT2D eigenvalue weighted by Gasteiger charge is -2.35. The summed E-state index contributed by atoms with van der Waals surface area (Å²) in [7, 11) is 0. The van der Waals surface area contributed by atoms with Gasteiger partial charge >= 0.3 is 6.03 Å². The van der Waals surface area contributed by atoms with Crippen molar-refractivity contribution in [1.82, 2.24) is 15.5 Å². The van der Waals surface area contributed by atoms with Crippen molar-refractivity contribution in [2.75, 3.05) is 13.1 Å². The van der Waals surface area contributed by atoms with Crippen LogP contribution in [0.3, 0.4) is 0 Å². The van der Waals surface area contributed by atoms with Gasteiger partial charge in [-0.2, -0.15) is 0 Å². The van der Waals surface area contributed by atoms with Crippen LogP contribution in [0.2, 0.25) is 0 Å². The van der Waals surface area contributed by atoms with Gasteiger partial charge in [-0.3, -0.25) is 14.9 Å². The molecule has 2 atom stereocenters. The maximum Gasteiger partial charge on any atom is 0.322 e. The number of aliphatic hydroxyl groups is 1. The minimum atomic E-state index is -1.60. The second-order valence-electron chi connectivity index (χ2n) is 8.38. The molecule has 0 aliphatic carbocycles. The minimum Gasteiger partial charge on any atom is -0.390 e. The third-order valence-electron chi connectivity index (χ3n) is 6.45. The summed E-state index contributed by atoms with van der Waals surface area (Å²) in [5.74, 6) is -0.528. The highest BCUT2D eigenvalue weighted by Crippen LogP contribution is 2.31. The summed E-state index contributed by atoms with van der Waals surface area (Å²) in [5.41, 5.74) is 2.02. The van der Waals surface area contributed by atoms with Crippen molar-refractivity contribution in [2.45, 2.75) is 43.7 Å². The average Bonchev–Trinajstić information content (AvgIpc) is 3.08. The molecule has 7 heteroatoms. The van der Waals surface area contributed by atoms with Crippen LogP contribution < -0.4 is 10.6 Å². The van der Waals surface area contributed by atoms with E-state index in [4.69, 9.17) is 0 Å². The summed E-state index contributed by atoms with van der Waals surface area (Å²) in [6, 6.07) is 18.1. The van der Waals surface area contributed by atoms with E-state index in [0.717, 1.165) is 12.8 Å². The lowest BCUT2D eigenvalue weighted by Crippen LogP contribution is -2.58. The molecule has 2 heterocycles. The number of likely N-dealkylation sites (tertiary alicyclic amines) is 1. The molecule has 2 unspecified atom stereocenters. The number of piperidine rings is 1. The second kappa shape index (κ2) is 8.51. The maximum absolute atomic E-state index is 12.8. The van der Waals surface area contributed by atoms with E-state index in [2.05, 4.69) is 47.0 Å². The zero-order valence-electron chi connectivity index (χ0n) is 17.5. The number of hydrogen-bond donors (Lipinski definition) is 3. The van der Waals surface area contributed by atoms with E-state index in [9.17, 15) is 19.5 Å². The largest absolute Gasteiger partial charge is 0.390 e. The highest BCUT2D eigenvalue weighted by atomic mass is 16.3. The third-order valence-corrected chi connectivity index (χ3v) is 6.45. The zero-order chi connectivity index (χ0) is 22.0. The van der Waals surface area contributed by atoms with Gasteiger partial charge in [-0.25, -0.2) is 4.79 Å². The number of imide groups is 1. The molecule has 0 saturated carbocycles. The first-order valence-corrected chi connectivity index (χ1v) is 10.6. The standard InChI is InChI=1S/C24H27N3O4/c1-16(28)24(22(30)25-23(31)26-24)15-21(29)27-13-11-20(12-14-27)19-9-7-18(8-10-19)17-5-3-2-4-6-17/h2-10,16,20,28H,11-15H2,1H3,(H2,25,26,30,31). The van der Waals surface area contributed by atoms with Gasteiger partial charge in [-0.05, 0) is 42.4 Å². The van der Waals surface area contributed by atoms with Crippen LogP contribution in [0.4, 0.5) is 4.79 Å². The summed E-state index contributed by atoms with van der Waals surface area (Å²) in [6.07, 6.45) is 0.231. The third kappa shape index (κ3) is 4.18. The van der Waals surface area contributed by atoms with Gasteiger partial charge < -0.3 is 15.3 Å². The van der Waals surface area contributed by atoms with Gasteiger partial charge in [0.2, 0.25) is 5.91 Å². The Kier molecular flexibility index (Phi) is 5.78. The van der Waals surface area contributed by atoms with Crippen molar-refractivity contribution in [3.05, 3.63) is 60.2 Å². The molecule has 2 aliphatic heterocycles. The number of amides is 4. The van der Waals surface area contributed by atoms with E-state index in [0.29, 0.717) is 19.0 Å². The molecule has 0 spiro atoms. The lowest BCUT2D eigenvalue weighted by atomic mass is 9.86. The number of carbonyl (C=O) groups excluding carboxylic acids is 3. The Bertz CT molecular complexity index is 966. The van der Waals surface area contributed by atoms with Crippen LogP contribution in [0.5, 0.6) is 0 Å². The normalized spacial score (nSPS) is 22.7.